The number of hydrogen-bond donors (Lipinski definition) is 0. The maximum atomic E-state index is 4.67. The van der Waals surface area contributed by atoms with Crippen molar-refractivity contribution in [3.63, 3.8) is 0 Å². The zero-order valence-corrected chi connectivity index (χ0v) is 16.9. The van der Waals surface area contributed by atoms with Crippen molar-refractivity contribution >= 4 is 0 Å². The van der Waals surface area contributed by atoms with E-state index in [1.54, 1.807) is 0 Å². The minimum absolute atomic E-state index is 0.0899. The first-order chi connectivity index (χ1) is 12.7. The highest BCUT2D eigenvalue weighted by Crippen LogP contribution is 2.61. The summed E-state index contributed by atoms with van der Waals surface area (Å²) in [5.74, 6) is 0.641. The Morgan fingerprint density at radius 3 is 1.93 bits per heavy atom. The third-order valence-electron chi connectivity index (χ3n) is 7.30. The highest BCUT2D eigenvalue weighted by molar-refractivity contribution is 5.66. The Kier molecular flexibility index (Phi) is 3.74. The van der Waals surface area contributed by atoms with Gasteiger partial charge in [-0.05, 0) is 45.6 Å². The van der Waals surface area contributed by atoms with E-state index in [1.165, 1.54) is 23.8 Å². The van der Waals surface area contributed by atoms with Crippen LogP contribution in [0.25, 0.3) is 22.6 Å². The predicted molar refractivity (Wildman–Crippen MR) is 108 cm³/mol. The van der Waals surface area contributed by atoms with Crippen LogP contribution in [0.1, 0.15) is 52.7 Å². The molecule has 0 radical (unpaired) electrons. The maximum absolute atomic E-state index is 4.67. The van der Waals surface area contributed by atoms with Crippen molar-refractivity contribution in [1.82, 2.24) is 19.9 Å². The van der Waals surface area contributed by atoms with Gasteiger partial charge in [-0.15, -0.1) is 0 Å². The lowest BCUT2D eigenvalue weighted by Crippen LogP contribution is -2.42. The molecule has 0 saturated heterocycles. The molecule has 27 heavy (non-hydrogen) atoms. The molecule has 0 N–H and O–H groups in total. The number of rotatable bonds is 2. The van der Waals surface area contributed by atoms with Gasteiger partial charge in [0.2, 0.25) is 0 Å². The predicted octanol–water partition coefficient (Wildman–Crippen LogP) is 5.20. The molecule has 0 aliphatic heterocycles. The van der Waals surface area contributed by atoms with Gasteiger partial charge in [0, 0.05) is 17.3 Å². The molecule has 1 aromatic carbocycles. The summed E-state index contributed by atoms with van der Waals surface area (Å²) in [6.07, 6.45) is 4.83. The molecule has 0 bridgehead atoms. The van der Waals surface area contributed by atoms with Gasteiger partial charge in [-0.2, -0.15) is 0 Å². The Morgan fingerprint density at radius 2 is 1.30 bits per heavy atom. The Morgan fingerprint density at radius 1 is 0.667 bits per heavy atom. The van der Waals surface area contributed by atoms with E-state index in [0.29, 0.717) is 5.82 Å². The van der Waals surface area contributed by atoms with Crippen molar-refractivity contribution < 1.29 is 0 Å². The second-order valence-corrected chi connectivity index (χ2v) is 9.03. The van der Waals surface area contributed by atoms with Gasteiger partial charge >= 0.3 is 0 Å². The number of nitrogens with zero attached hydrogens (tertiary/aromatic N) is 4. The lowest BCUT2D eigenvalue weighted by Gasteiger charge is -2.44. The van der Waals surface area contributed by atoms with Gasteiger partial charge in [0.05, 0.1) is 5.69 Å². The summed E-state index contributed by atoms with van der Waals surface area (Å²) in [5, 5.41) is 0. The molecular weight excluding hydrogens is 332 g/mol. The Hall–Kier alpha value is -2.62. The summed E-state index contributed by atoms with van der Waals surface area (Å²) in [6.45, 7) is 14.2. The first kappa shape index (κ1) is 17.8. The molecule has 0 atom stereocenters. The van der Waals surface area contributed by atoms with Gasteiger partial charge in [0.25, 0.3) is 0 Å². The zero-order chi connectivity index (χ0) is 19.4. The molecule has 138 valence electrons. The molecule has 4 rings (SSSR count). The minimum Gasteiger partial charge on any atom is -0.255 e. The van der Waals surface area contributed by atoms with Crippen LogP contribution in [0.2, 0.25) is 0 Å². The SMILES string of the molecule is CC1(C)c2ccc(-c3ccc(-c4ncncn4)cn3)cc2C(C)(C)C1(C)C. The molecule has 4 nitrogen and oxygen atoms in total. The van der Waals surface area contributed by atoms with Crippen molar-refractivity contribution in [2.24, 2.45) is 5.41 Å². The standard InChI is InChI=1S/C23H26N4/c1-21(2)17-9-7-15(11-18(17)22(3,4)23(21,5)6)19-10-8-16(12-25-19)20-26-13-24-14-27-20/h7-14H,1-6H3. The van der Waals surface area contributed by atoms with Gasteiger partial charge in [0.15, 0.2) is 5.82 Å². The van der Waals surface area contributed by atoms with E-state index in [1.807, 2.05) is 18.3 Å². The summed E-state index contributed by atoms with van der Waals surface area (Å²) in [5.41, 5.74) is 6.27. The van der Waals surface area contributed by atoms with Crippen LogP contribution in [0, 0.1) is 5.41 Å². The second kappa shape index (κ2) is 5.69. The van der Waals surface area contributed by atoms with Gasteiger partial charge in [0.1, 0.15) is 12.7 Å². The van der Waals surface area contributed by atoms with Gasteiger partial charge in [-0.3, -0.25) is 4.98 Å². The van der Waals surface area contributed by atoms with Crippen molar-refractivity contribution in [2.75, 3.05) is 0 Å². The summed E-state index contributed by atoms with van der Waals surface area (Å²) in [6, 6.07) is 10.9. The third kappa shape index (κ3) is 2.43. The van der Waals surface area contributed by atoms with E-state index in [0.717, 1.165) is 16.8 Å². The molecule has 0 fully saturated rings. The molecule has 2 heterocycles. The number of fused-ring (bicyclic) bond motifs is 1. The van der Waals surface area contributed by atoms with E-state index in [4.69, 9.17) is 0 Å². The zero-order valence-electron chi connectivity index (χ0n) is 16.9. The van der Waals surface area contributed by atoms with Gasteiger partial charge in [-0.25, -0.2) is 15.0 Å². The molecule has 3 aromatic rings. The fraction of sp³-hybridized carbons (Fsp3) is 0.391. The van der Waals surface area contributed by atoms with E-state index < -0.39 is 0 Å². The molecule has 1 aliphatic rings. The summed E-state index contributed by atoms with van der Waals surface area (Å²) >= 11 is 0. The van der Waals surface area contributed by atoms with Crippen LogP contribution in [0.15, 0.2) is 49.2 Å². The number of pyridine rings is 1. The molecule has 1 aliphatic carbocycles. The Balaban J connectivity index is 1.76. The molecule has 0 unspecified atom stereocenters. The summed E-state index contributed by atoms with van der Waals surface area (Å²) in [7, 11) is 0. The van der Waals surface area contributed by atoms with Gasteiger partial charge < -0.3 is 0 Å². The molecular formula is C23H26N4. The smallest absolute Gasteiger partial charge is 0.164 e. The average molecular weight is 358 g/mol. The minimum atomic E-state index is 0.0899. The number of hydrogen-bond acceptors (Lipinski definition) is 4. The number of aromatic nitrogens is 4. The fourth-order valence-corrected chi connectivity index (χ4v) is 4.31. The first-order valence-electron chi connectivity index (χ1n) is 9.40. The molecule has 2 aromatic heterocycles. The number of benzene rings is 1. The van der Waals surface area contributed by atoms with Crippen LogP contribution in [0.5, 0.6) is 0 Å². The van der Waals surface area contributed by atoms with Crippen LogP contribution in [-0.2, 0) is 10.8 Å². The third-order valence-corrected chi connectivity index (χ3v) is 7.30. The van der Waals surface area contributed by atoms with Gasteiger partial charge in [-0.1, -0.05) is 53.7 Å². The normalized spacial score (nSPS) is 18.9. The van der Waals surface area contributed by atoms with Crippen molar-refractivity contribution in [3.05, 3.63) is 60.3 Å². The monoisotopic (exact) mass is 358 g/mol. The van der Waals surface area contributed by atoms with E-state index in [2.05, 4.69) is 79.7 Å². The van der Waals surface area contributed by atoms with Crippen LogP contribution in [0.3, 0.4) is 0 Å². The highest BCUT2D eigenvalue weighted by atomic mass is 15.0. The van der Waals surface area contributed by atoms with Crippen molar-refractivity contribution in [2.45, 2.75) is 52.4 Å². The lowest BCUT2D eigenvalue weighted by atomic mass is 9.59. The van der Waals surface area contributed by atoms with E-state index in [9.17, 15) is 0 Å². The molecule has 0 amide bonds. The summed E-state index contributed by atoms with van der Waals surface area (Å²) in [4.78, 5) is 16.9. The second-order valence-electron chi connectivity index (χ2n) is 9.03. The van der Waals surface area contributed by atoms with E-state index >= 15 is 0 Å². The largest absolute Gasteiger partial charge is 0.255 e. The van der Waals surface area contributed by atoms with Crippen molar-refractivity contribution in [3.8, 4) is 22.6 Å². The average Bonchev–Trinajstić information content (AvgIpc) is 2.77. The van der Waals surface area contributed by atoms with E-state index in [-0.39, 0.29) is 16.2 Å². The highest BCUT2D eigenvalue weighted by Gasteiger charge is 2.56. The summed E-state index contributed by atoms with van der Waals surface area (Å²) < 4.78 is 0. The van der Waals surface area contributed by atoms with Crippen molar-refractivity contribution in [1.29, 1.82) is 0 Å². The maximum Gasteiger partial charge on any atom is 0.164 e. The topological polar surface area (TPSA) is 51.6 Å². The molecule has 4 heteroatoms. The Labute approximate surface area is 161 Å². The van der Waals surface area contributed by atoms with Crippen LogP contribution in [-0.4, -0.2) is 19.9 Å². The molecule has 0 saturated carbocycles. The van der Waals surface area contributed by atoms with Crippen LogP contribution in [0.4, 0.5) is 0 Å². The quantitative estimate of drug-likeness (QED) is 0.632. The van der Waals surface area contributed by atoms with Crippen LogP contribution >= 0.6 is 0 Å². The molecule has 0 spiro atoms. The van der Waals surface area contributed by atoms with Crippen LogP contribution < -0.4 is 0 Å². The lowest BCUT2D eigenvalue weighted by molar-refractivity contribution is 0.125. The first-order valence-corrected chi connectivity index (χ1v) is 9.40. The fourth-order valence-electron chi connectivity index (χ4n) is 4.31. The Bertz CT molecular complexity index is 987.